The third-order valence-electron chi connectivity index (χ3n) is 2.64. The maximum Gasteiger partial charge on any atom is 0.128 e. The lowest BCUT2D eigenvalue weighted by atomic mass is 10.1. The third-order valence-corrected chi connectivity index (χ3v) is 2.64. The molecule has 1 saturated heterocycles. The predicted molar refractivity (Wildman–Crippen MR) is 56.1 cm³/mol. The van der Waals surface area contributed by atoms with Gasteiger partial charge in [0.25, 0.3) is 0 Å². The second-order valence-corrected chi connectivity index (χ2v) is 3.73. The normalized spacial score (nSPS) is 21.5. The molecule has 0 radical (unpaired) electrons. The molecule has 1 aliphatic rings. The van der Waals surface area contributed by atoms with E-state index < -0.39 is 0 Å². The summed E-state index contributed by atoms with van der Waals surface area (Å²) in [6.07, 6.45) is 2.71. The molecule has 1 aromatic heterocycles. The Bertz CT molecular complexity index is 299. The molecule has 3 N–H and O–H groups in total. The van der Waals surface area contributed by atoms with E-state index in [9.17, 15) is 0 Å². The summed E-state index contributed by atoms with van der Waals surface area (Å²) in [7, 11) is 0. The zero-order valence-corrected chi connectivity index (χ0v) is 8.06. The molecule has 1 atom stereocenters. The van der Waals surface area contributed by atoms with Gasteiger partial charge in [-0.2, -0.15) is 0 Å². The van der Waals surface area contributed by atoms with Crippen LogP contribution in [0.3, 0.4) is 0 Å². The molecule has 14 heavy (non-hydrogen) atoms. The molecule has 0 spiro atoms. The molecule has 0 unspecified atom stereocenters. The first-order valence-electron chi connectivity index (χ1n) is 4.87. The van der Waals surface area contributed by atoms with Crippen molar-refractivity contribution >= 4 is 11.5 Å². The molecule has 76 valence electrons. The fraction of sp³-hybridized carbons (Fsp3) is 0.500. The lowest BCUT2D eigenvalue weighted by molar-refractivity contribution is 0.238. The van der Waals surface area contributed by atoms with Gasteiger partial charge >= 0.3 is 0 Å². The Morgan fingerprint density at radius 1 is 1.57 bits per heavy atom. The van der Waals surface area contributed by atoms with E-state index in [1.54, 1.807) is 6.20 Å². The van der Waals surface area contributed by atoms with E-state index >= 15 is 0 Å². The first kappa shape index (κ1) is 9.27. The summed E-state index contributed by atoms with van der Waals surface area (Å²) in [5.74, 6) is 1.35. The van der Waals surface area contributed by atoms with E-state index in [4.69, 9.17) is 10.8 Å². The summed E-state index contributed by atoms with van der Waals surface area (Å²) in [4.78, 5) is 6.43. The van der Waals surface area contributed by atoms with E-state index in [0.717, 1.165) is 25.3 Å². The van der Waals surface area contributed by atoms with Crippen LogP contribution in [-0.4, -0.2) is 29.8 Å². The number of nitrogens with zero attached hydrogens (tertiary/aromatic N) is 2. The van der Waals surface area contributed by atoms with E-state index in [1.807, 2.05) is 12.1 Å². The number of anilines is 2. The summed E-state index contributed by atoms with van der Waals surface area (Å²) >= 11 is 0. The smallest absolute Gasteiger partial charge is 0.128 e. The first-order valence-corrected chi connectivity index (χ1v) is 4.87. The molecule has 1 fully saturated rings. The zero-order chi connectivity index (χ0) is 9.97. The number of nitrogens with two attached hydrogens (primary N) is 1. The van der Waals surface area contributed by atoms with Crippen LogP contribution in [0.25, 0.3) is 0 Å². The number of nitrogen functional groups attached to an aromatic ring is 1. The monoisotopic (exact) mass is 193 g/mol. The Kier molecular flexibility index (Phi) is 2.54. The first-order chi connectivity index (χ1) is 6.79. The zero-order valence-electron chi connectivity index (χ0n) is 8.06. The van der Waals surface area contributed by atoms with Crippen molar-refractivity contribution in [3.8, 4) is 0 Å². The fourth-order valence-electron chi connectivity index (χ4n) is 1.77. The second-order valence-electron chi connectivity index (χ2n) is 3.73. The third kappa shape index (κ3) is 1.80. The molecule has 0 amide bonds. The molecule has 1 aromatic rings. The van der Waals surface area contributed by atoms with Gasteiger partial charge in [0.2, 0.25) is 0 Å². The average molecular weight is 193 g/mol. The van der Waals surface area contributed by atoms with Crippen molar-refractivity contribution in [1.29, 1.82) is 0 Å². The van der Waals surface area contributed by atoms with Crippen molar-refractivity contribution in [3.05, 3.63) is 18.3 Å². The Hall–Kier alpha value is -1.29. The molecule has 0 saturated carbocycles. The van der Waals surface area contributed by atoms with Crippen LogP contribution in [-0.2, 0) is 0 Å². The maximum absolute atomic E-state index is 9.01. The Morgan fingerprint density at radius 3 is 3.00 bits per heavy atom. The summed E-state index contributed by atoms with van der Waals surface area (Å²) in [6, 6.07) is 3.78. The van der Waals surface area contributed by atoms with Crippen LogP contribution in [0.2, 0.25) is 0 Å². The summed E-state index contributed by atoms with van der Waals surface area (Å²) in [6.45, 7) is 2.14. The van der Waals surface area contributed by atoms with Gasteiger partial charge in [0.1, 0.15) is 5.82 Å². The van der Waals surface area contributed by atoms with Crippen LogP contribution in [0, 0.1) is 5.92 Å². The van der Waals surface area contributed by atoms with Crippen LogP contribution in [0.1, 0.15) is 6.42 Å². The van der Waals surface area contributed by atoms with Gasteiger partial charge in [0, 0.05) is 25.6 Å². The second kappa shape index (κ2) is 3.84. The van der Waals surface area contributed by atoms with Gasteiger partial charge in [-0.25, -0.2) is 4.98 Å². The highest BCUT2D eigenvalue weighted by Gasteiger charge is 2.22. The lowest BCUT2D eigenvalue weighted by Crippen LogP contribution is -2.21. The Morgan fingerprint density at radius 2 is 2.43 bits per heavy atom. The van der Waals surface area contributed by atoms with Gasteiger partial charge in [0.15, 0.2) is 0 Å². The van der Waals surface area contributed by atoms with Crippen LogP contribution in [0.5, 0.6) is 0 Å². The highest BCUT2D eigenvalue weighted by Crippen LogP contribution is 2.21. The molecule has 1 aliphatic heterocycles. The number of aliphatic hydroxyl groups excluding tert-OH is 1. The fourth-order valence-corrected chi connectivity index (χ4v) is 1.77. The van der Waals surface area contributed by atoms with E-state index in [2.05, 4.69) is 9.88 Å². The lowest BCUT2D eigenvalue weighted by Gasteiger charge is -2.16. The van der Waals surface area contributed by atoms with E-state index in [0.29, 0.717) is 11.6 Å². The van der Waals surface area contributed by atoms with Crippen molar-refractivity contribution in [2.24, 2.45) is 5.92 Å². The SMILES string of the molecule is Nc1ccc(N2CC[C@H](CO)C2)nc1. The van der Waals surface area contributed by atoms with Crippen molar-refractivity contribution in [3.63, 3.8) is 0 Å². The van der Waals surface area contributed by atoms with Crippen molar-refractivity contribution < 1.29 is 5.11 Å². The van der Waals surface area contributed by atoms with Gasteiger partial charge in [0.05, 0.1) is 11.9 Å². The van der Waals surface area contributed by atoms with Crippen molar-refractivity contribution in [2.75, 3.05) is 30.3 Å². The van der Waals surface area contributed by atoms with Crippen molar-refractivity contribution in [1.82, 2.24) is 4.98 Å². The summed E-state index contributed by atoms with van der Waals surface area (Å²) in [5.41, 5.74) is 6.24. The molecular formula is C10H15N3O. The van der Waals surface area contributed by atoms with Crippen LogP contribution < -0.4 is 10.6 Å². The van der Waals surface area contributed by atoms with Gasteiger partial charge in [-0.3, -0.25) is 0 Å². The van der Waals surface area contributed by atoms with Crippen LogP contribution in [0.4, 0.5) is 11.5 Å². The van der Waals surface area contributed by atoms with Gasteiger partial charge in [-0.05, 0) is 18.6 Å². The minimum absolute atomic E-state index is 0.269. The molecule has 0 aliphatic carbocycles. The van der Waals surface area contributed by atoms with Gasteiger partial charge in [-0.1, -0.05) is 0 Å². The number of aliphatic hydroxyl groups is 1. The van der Waals surface area contributed by atoms with Crippen LogP contribution >= 0.6 is 0 Å². The summed E-state index contributed by atoms with van der Waals surface area (Å²) < 4.78 is 0. The Balaban J connectivity index is 2.06. The highest BCUT2D eigenvalue weighted by molar-refractivity contribution is 5.46. The van der Waals surface area contributed by atoms with Gasteiger partial charge < -0.3 is 15.7 Å². The van der Waals surface area contributed by atoms with E-state index in [1.165, 1.54) is 0 Å². The quantitative estimate of drug-likeness (QED) is 0.717. The highest BCUT2D eigenvalue weighted by atomic mass is 16.3. The predicted octanol–water partition coefficient (Wildman–Crippen LogP) is 0.482. The molecule has 4 heteroatoms. The maximum atomic E-state index is 9.01. The molecule has 2 rings (SSSR count). The van der Waals surface area contributed by atoms with Crippen molar-refractivity contribution in [2.45, 2.75) is 6.42 Å². The average Bonchev–Trinajstić information content (AvgIpc) is 2.67. The molecule has 0 bridgehead atoms. The summed E-state index contributed by atoms with van der Waals surface area (Å²) in [5, 5.41) is 9.01. The van der Waals surface area contributed by atoms with Gasteiger partial charge in [-0.15, -0.1) is 0 Å². The minimum Gasteiger partial charge on any atom is -0.397 e. The Labute approximate surface area is 83.4 Å². The number of rotatable bonds is 2. The minimum atomic E-state index is 0.269. The number of hydrogen-bond acceptors (Lipinski definition) is 4. The number of aromatic nitrogens is 1. The largest absolute Gasteiger partial charge is 0.397 e. The molecule has 0 aromatic carbocycles. The molecule has 4 nitrogen and oxygen atoms in total. The van der Waals surface area contributed by atoms with E-state index in [-0.39, 0.29) is 6.61 Å². The number of pyridine rings is 1. The van der Waals surface area contributed by atoms with Crippen LogP contribution in [0.15, 0.2) is 18.3 Å². The standard InChI is InChI=1S/C10H15N3O/c11-9-1-2-10(12-5-9)13-4-3-8(6-13)7-14/h1-2,5,8,14H,3-4,6-7,11H2/t8-/m0/s1. The number of hydrogen-bond donors (Lipinski definition) is 2. The molecule has 2 heterocycles. The molecular weight excluding hydrogens is 178 g/mol. The topological polar surface area (TPSA) is 62.4 Å².